The second-order valence-electron chi connectivity index (χ2n) is 7.08. The van der Waals surface area contributed by atoms with Crippen LogP contribution < -0.4 is 0 Å². The van der Waals surface area contributed by atoms with Gasteiger partial charge in [0.1, 0.15) is 5.69 Å². The van der Waals surface area contributed by atoms with Gasteiger partial charge in [0.05, 0.1) is 13.7 Å². The summed E-state index contributed by atoms with van der Waals surface area (Å²) in [4.78, 5) is 32.2. The Morgan fingerprint density at radius 1 is 1.04 bits per heavy atom. The van der Waals surface area contributed by atoms with E-state index in [1.165, 1.54) is 12.7 Å². The molecule has 0 spiro atoms. The number of ketones is 1. The van der Waals surface area contributed by atoms with Crippen molar-refractivity contribution >= 4 is 11.8 Å². The SMILES string of the molecule is COC(=O)c1[nH]c(C)c(C(=O)CN2CCN(Cc3ccccc3)CC2)c1C. The summed E-state index contributed by atoms with van der Waals surface area (Å²) < 4.78 is 4.78. The van der Waals surface area contributed by atoms with Crippen LogP contribution in [0, 0.1) is 13.8 Å². The van der Waals surface area contributed by atoms with Crippen LogP contribution in [-0.2, 0) is 11.3 Å². The molecule has 27 heavy (non-hydrogen) atoms. The predicted molar refractivity (Wildman–Crippen MR) is 104 cm³/mol. The second kappa shape index (κ2) is 8.50. The van der Waals surface area contributed by atoms with Crippen LogP contribution in [0.4, 0.5) is 0 Å². The third-order valence-electron chi connectivity index (χ3n) is 5.19. The highest BCUT2D eigenvalue weighted by Gasteiger charge is 2.25. The Morgan fingerprint density at radius 2 is 1.67 bits per heavy atom. The first kappa shape index (κ1) is 19.3. The molecule has 1 aromatic carbocycles. The minimum Gasteiger partial charge on any atom is -0.464 e. The molecular formula is C21H27N3O3. The summed E-state index contributed by atoms with van der Waals surface area (Å²) in [6, 6.07) is 10.4. The number of nitrogens with zero attached hydrogens (tertiary/aromatic N) is 2. The Balaban J connectivity index is 1.57. The highest BCUT2D eigenvalue weighted by molar-refractivity contribution is 6.03. The maximum Gasteiger partial charge on any atom is 0.354 e. The van der Waals surface area contributed by atoms with Crippen LogP contribution in [-0.4, -0.2) is 66.4 Å². The van der Waals surface area contributed by atoms with E-state index < -0.39 is 5.97 Å². The molecule has 6 heteroatoms. The van der Waals surface area contributed by atoms with Crippen LogP contribution in [0.3, 0.4) is 0 Å². The molecule has 0 aliphatic carbocycles. The van der Waals surface area contributed by atoms with Gasteiger partial charge in [-0.3, -0.25) is 14.6 Å². The van der Waals surface area contributed by atoms with Crippen molar-refractivity contribution in [3.8, 4) is 0 Å². The maximum absolute atomic E-state index is 12.8. The van der Waals surface area contributed by atoms with Gasteiger partial charge in [0.2, 0.25) is 0 Å². The van der Waals surface area contributed by atoms with Crippen molar-refractivity contribution in [1.29, 1.82) is 0 Å². The molecule has 0 saturated carbocycles. The summed E-state index contributed by atoms with van der Waals surface area (Å²) >= 11 is 0. The van der Waals surface area contributed by atoms with Gasteiger partial charge in [-0.05, 0) is 25.0 Å². The summed E-state index contributed by atoms with van der Waals surface area (Å²) in [5.74, 6) is -0.392. The Bertz CT molecular complexity index is 806. The molecule has 2 aromatic rings. The van der Waals surface area contributed by atoms with E-state index in [2.05, 4.69) is 39.0 Å². The quantitative estimate of drug-likeness (QED) is 0.626. The van der Waals surface area contributed by atoms with E-state index in [4.69, 9.17) is 4.74 Å². The van der Waals surface area contributed by atoms with Gasteiger partial charge >= 0.3 is 5.97 Å². The van der Waals surface area contributed by atoms with Gasteiger partial charge in [-0.2, -0.15) is 0 Å². The molecule has 144 valence electrons. The summed E-state index contributed by atoms with van der Waals surface area (Å²) in [6.07, 6.45) is 0. The van der Waals surface area contributed by atoms with Gasteiger partial charge < -0.3 is 9.72 Å². The number of H-pyrrole nitrogens is 1. The monoisotopic (exact) mass is 369 g/mol. The summed E-state index contributed by atoms with van der Waals surface area (Å²) in [7, 11) is 1.34. The molecule has 1 aliphatic heterocycles. The van der Waals surface area contributed by atoms with Crippen molar-refractivity contribution in [3.63, 3.8) is 0 Å². The molecule has 1 aliphatic rings. The van der Waals surface area contributed by atoms with Gasteiger partial charge in [-0.1, -0.05) is 30.3 Å². The number of hydrogen-bond donors (Lipinski definition) is 1. The molecule has 0 atom stereocenters. The molecule has 2 heterocycles. The number of Topliss-reactive ketones (excluding diaryl/α,β-unsaturated/α-hetero) is 1. The highest BCUT2D eigenvalue weighted by atomic mass is 16.5. The van der Waals surface area contributed by atoms with Crippen molar-refractivity contribution in [3.05, 3.63) is 58.4 Å². The van der Waals surface area contributed by atoms with E-state index in [-0.39, 0.29) is 5.78 Å². The van der Waals surface area contributed by atoms with Crippen molar-refractivity contribution in [1.82, 2.24) is 14.8 Å². The van der Waals surface area contributed by atoms with Gasteiger partial charge in [-0.15, -0.1) is 0 Å². The average Bonchev–Trinajstić information content (AvgIpc) is 2.98. The summed E-state index contributed by atoms with van der Waals surface area (Å²) in [5, 5.41) is 0. The fourth-order valence-corrected chi connectivity index (χ4v) is 3.70. The number of aryl methyl sites for hydroxylation is 1. The number of aromatic amines is 1. The molecule has 1 saturated heterocycles. The third kappa shape index (κ3) is 4.46. The lowest BCUT2D eigenvalue weighted by Crippen LogP contribution is -2.47. The lowest BCUT2D eigenvalue weighted by molar-refractivity contribution is 0.0594. The zero-order chi connectivity index (χ0) is 19.4. The van der Waals surface area contributed by atoms with E-state index in [9.17, 15) is 9.59 Å². The van der Waals surface area contributed by atoms with Crippen LogP contribution in [0.2, 0.25) is 0 Å². The third-order valence-corrected chi connectivity index (χ3v) is 5.19. The number of nitrogens with one attached hydrogen (secondary N) is 1. The van der Waals surface area contributed by atoms with Crippen molar-refractivity contribution in [2.24, 2.45) is 0 Å². The topological polar surface area (TPSA) is 65.6 Å². The average molecular weight is 369 g/mol. The van der Waals surface area contributed by atoms with Crippen LogP contribution >= 0.6 is 0 Å². The smallest absolute Gasteiger partial charge is 0.354 e. The minimum atomic E-state index is -0.441. The van der Waals surface area contributed by atoms with Gasteiger partial charge in [-0.25, -0.2) is 4.79 Å². The molecule has 0 radical (unpaired) electrons. The number of rotatable bonds is 6. The largest absolute Gasteiger partial charge is 0.464 e. The van der Waals surface area contributed by atoms with Crippen LogP contribution in [0.25, 0.3) is 0 Å². The Kier molecular flexibility index (Phi) is 6.08. The standard InChI is InChI=1S/C21H27N3O3/c1-15-19(16(2)22-20(15)21(26)27-3)18(25)14-24-11-9-23(10-12-24)13-17-7-5-4-6-8-17/h4-8,22H,9-14H2,1-3H3. The molecule has 0 amide bonds. The first-order valence-electron chi connectivity index (χ1n) is 9.29. The van der Waals surface area contributed by atoms with Gasteiger partial charge in [0.15, 0.2) is 5.78 Å². The first-order valence-corrected chi connectivity index (χ1v) is 9.29. The fourth-order valence-electron chi connectivity index (χ4n) is 3.70. The number of benzene rings is 1. The van der Waals surface area contributed by atoms with Crippen LogP contribution in [0.1, 0.15) is 37.7 Å². The van der Waals surface area contributed by atoms with E-state index in [1.54, 1.807) is 6.92 Å². The summed E-state index contributed by atoms with van der Waals surface area (Å²) in [6.45, 7) is 8.56. The normalized spacial score (nSPS) is 15.7. The molecular weight excluding hydrogens is 342 g/mol. The lowest BCUT2D eigenvalue weighted by Gasteiger charge is -2.34. The minimum absolute atomic E-state index is 0.0490. The maximum atomic E-state index is 12.8. The number of hydrogen-bond acceptors (Lipinski definition) is 5. The highest BCUT2D eigenvalue weighted by Crippen LogP contribution is 2.20. The van der Waals surface area contributed by atoms with Crippen LogP contribution in [0.5, 0.6) is 0 Å². The first-order chi connectivity index (χ1) is 13.0. The number of esters is 1. The molecule has 0 bridgehead atoms. The van der Waals surface area contributed by atoms with E-state index in [0.29, 0.717) is 23.4 Å². The van der Waals surface area contributed by atoms with Gasteiger partial charge in [0, 0.05) is 44.0 Å². The van der Waals surface area contributed by atoms with Crippen LogP contribution in [0.15, 0.2) is 30.3 Å². The molecule has 1 fully saturated rings. The van der Waals surface area contributed by atoms with Crippen molar-refractivity contribution < 1.29 is 14.3 Å². The fraction of sp³-hybridized carbons (Fsp3) is 0.429. The zero-order valence-electron chi connectivity index (χ0n) is 16.2. The van der Waals surface area contributed by atoms with E-state index in [0.717, 1.165) is 38.4 Å². The number of piperazine rings is 1. The Morgan fingerprint density at radius 3 is 2.30 bits per heavy atom. The number of carbonyl (C=O) groups excluding carboxylic acids is 2. The molecule has 6 nitrogen and oxygen atoms in total. The Labute approximate surface area is 160 Å². The summed E-state index contributed by atoms with van der Waals surface area (Å²) in [5.41, 5.74) is 3.69. The second-order valence-corrected chi connectivity index (χ2v) is 7.08. The number of aromatic nitrogens is 1. The number of methoxy groups -OCH3 is 1. The molecule has 0 unspecified atom stereocenters. The number of ether oxygens (including phenoxy) is 1. The lowest BCUT2D eigenvalue weighted by atomic mass is 10.0. The molecule has 1 N–H and O–H groups in total. The van der Waals surface area contributed by atoms with E-state index in [1.807, 2.05) is 13.0 Å². The number of carbonyl (C=O) groups is 2. The predicted octanol–water partition coefficient (Wildman–Crippen LogP) is 2.42. The van der Waals surface area contributed by atoms with Gasteiger partial charge in [0.25, 0.3) is 0 Å². The zero-order valence-corrected chi connectivity index (χ0v) is 16.2. The van der Waals surface area contributed by atoms with Crippen molar-refractivity contribution in [2.45, 2.75) is 20.4 Å². The molecule has 1 aromatic heterocycles. The Hall–Kier alpha value is -2.44. The van der Waals surface area contributed by atoms with Crippen molar-refractivity contribution in [2.75, 3.05) is 39.8 Å². The molecule has 3 rings (SSSR count). The van der Waals surface area contributed by atoms with E-state index >= 15 is 0 Å².